The fraction of sp³-hybridized carbons (Fsp3) is 0.333. The predicted octanol–water partition coefficient (Wildman–Crippen LogP) is 3.65. The Morgan fingerprint density at radius 3 is 2.43 bits per heavy atom. The van der Waals surface area contributed by atoms with Crippen LogP contribution in [0.3, 0.4) is 0 Å². The zero-order valence-electron chi connectivity index (χ0n) is 13.6. The van der Waals surface area contributed by atoms with E-state index in [4.69, 9.17) is 4.74 Å². The van der Waals surface area contributed by atoms with Crippen molar-refractivity contribution < 1.29 is 14.3 Å². The van der Waals surface area contributed by atoms with Crippen LogP contribution in [-0.4, -0.2) is 29.4 Å². The Balaban J connectivity index is 1.96. The quantitative estimate of drug-likeness (QED) is 0.759. The van der Waals surface area contributed by atoms with Crippen LogP contribution < -0.4 is 0 Å². The largest absolute Gasteiger partial charge is 0.451 e. The highest BCUT2D eigenvalue weighted by atomic mass is 32.1. The molecule has 0 radical (unpaired) electrons. The number of aryl methyl sites for hydroxylation is 1. The SMILES string of the molecule is Cc1ccsc1C(=O)OCC(=O)N(Cc1ccccc1)C(C)C. The molecule has 23 heavy (non-hydrogen) atoms. The molecular weight excluding hydrogens is 310 g/mol. The summed E-state index contributed by atoms with van der Waals surface area (Å²) in [7, 11) is 0. The Bertz CT molecular complexity index is 664. The fourth-order valence-corrected chi connectivity index (χ4v) is 3.01. The first-order valence-electron chi connectivity index (χ1n) is 7.53. The molecule has 4 nitrogen and oxygen atoms in total. The summed E-state index contributed by atoms with van der Waals surface area (Å²) in [5.41, 5.74) is 1.92. The lowest BCUT2D eigenvalue weighted by Gasteiger charge is -2.26. The van der Waals surface area contributed by atoms with E-state index < -0.39 is 5.97 Å². The Morgan fingerprint density at radius 1 is 1.17 bits per heavy atom. The molecule has 0 spiro atoms. The van der Waals surface area contributed by atoms with Crippen LogP contribution in [0.25, 0.3) is 0 Å². The minimum absolute atomic E-state index is 0.0323. The van der Waals surface area contributed by atoms with Crippen molar-refractivity contribution in [2.45, 2.75) is 33.4 Å². The molecule has 0 N–H and O–H groups in total. The van der Waals surface area contributed by atoms with Gasteiger partial charge in [0.2, 0.25) is 0 Å². The summed E-state index contributed by atoms with van der Waals surface area (Å²) >= 11 is 1.33. The first-order chi connectivity index (χ1) is 11.0. The van der Waals surface area contributed by atoms with Crippen molar-refractivity contribution >= 4 is 23.2 Å². The molecule has 5 heteroatoms. The second-order valence-electron chi connectivity index (χ2n) is 5.61. The van der Waals surface area contributed by atoms with Gasteiger partial charge in [0.1, 0.15) is 4.88 Å². The summed E-state index contributed by atoms with van der Waals surface area (Å²) < 4.78 is 5.18. The summed E-state index contributed by atoms with van der Waals surface area (Å²) in [5, 5.41) is 1.84. The average molecular weight is 331 g/mol. The minimum atomic E-state index is -0.436. The van der Waals surface area contributed by atoms with Gasteiger partial charge >= 0.3 is 5.97 Å². The minimum Gasteiger partial charge on any atom is -0.451 e. The number of amides is 1. The molecular formula is C18H21NO3S. The Hall–Kier alpha value is -2.14. The van der Waals surface area contributed by atoms with Crippen molar-refractivity contribution in [2.24, 2.45) is 0 Å². The van der Waals surface area contributed by atoms with Gasteiger partial charge in [-0.05, 0) is 43.3 Å². The second-order valence-corrected chi connectivity index (χ2v) is 6.53. The van der Waals surface area contributed by atoms with E-state index in [1.807, 2.05) is 62.5 Å². The molecule has 0 bridgehead atoms. The number of carbonyl (C=O) groups excluding carboxylic acids is 2. The molecule has 0 aliphatic heterocycles. The van der Waals surface area contributed by atoms with Crippen LogP contribution in [-0.2, 0) is 16.1 Å². The van der Waals surface area contributed by atoms with Crippen LogP contribution >= 0.6 is 11.3 Å². The Morgan fingerprint density at radius 2 is 1.87 bits per heavy atom. The summed E-state index contributed by atoms with van der Waals surface area (Å²) in [6.07, 6.45) is 0. The van der Waals surface area contributed by atoms with Gasteiger partial charge < -0.3 is 9.64 Å². The van der Waals surface area contributed by atoms with Crippen molar-refractivity contribution in [3.05, 3.63) is 57.8 Å². The third kappa shape index (κ3) is 4.66. The monoisotopic (exact) mass is 331 g/mol. The Kier molecular flexibility index (Phi) is 5.93. The molecule has 0 atom stereocenters. The number of benzene rings is 1. The molecule has 0 saturated heterocycles. The molecule has 0 saturated carbocycles. The maximum Gasteiger partial charge on any atom is 0.349 e. The number of nitrogens with zero attached hydrogens (tertiary/aromatic N) is 1. The molecule has 0 aliphatic rings. The number of hydrogen-bond acceptors (Lipinski definition) is 4. The maximum absolute atomic E-state index is 12.4. The van der Waals surface area contributed by atoms with E-state index in [0.29, 0.717) is 11.4 Å². The van der Waals surface area contributed by atoms with Crippen LogP contribution in [0.1, 0.15) is 34.6 Å². The van der Waals surface area contributed by atoms with Gasteiger partial charge in [0.05, 0.1) is 0 Å². The van der Waals surface area contributed by atoms with Gasteiger partial charge in [-0.3, -0.25) is 4.79 Å². The topological polar surface area (TPSA) is 46.6 Å². The van der Waals surface area contributed by atoms with Gasteiger partial charge in [-0.1, -0.05) is 30.3 Å². The van der Waals surface area contributed by atoms with Crippen LogP contribution in [0.5, 0.6) is 0 Å². The normalized spacial score (nSPS) is 10.6. The van der Waals surface area contributed by atoms with Crippen LogP contribution in [0.4, 0.5) is 0 Å². The highest BCUT2D eigenvalue weighted by Gasteiger charge is 2.20. The molecule has 1 aromatic carbocycles. The predicted molar refractivity (Wildman–Crippen MR) is 91.5 cm³/mol. The first-order valence-corrected chi connectivity index (χ1v) is 8.41. The molecule has 0 unspecified atom stereocenters. The van der Waals surface area contributed by atoms with Gasteiger partial charge in [0, 0.05) is 12.6 Å². The molecule has 0 fully saturated rings. The van der Waals surface area contributed by atoms with E-state index in [1.54, 1.807) is 4.90 Å². The fourth-order valence-electron chi connectivity index (χ4n) is 2.20. The van der Waals surface area contributed by atoms with Gasteiger partial charge in [-0.25, -0.2) is 4.79 Å². The molecule has 0 aliphatic carbocycles. The van der Waals surface area contributed by atoms with Crippen molar-refractivity contribution in [3.8, 4) is 0 Å². The number of hydrogen-bond donors (Lipinski definition) is 0. The van der Waals surface area contributed by atoms with Crippen molar-refractivity contribution in [1.29, 1.82) is 0 Å². The van der Waals surface area contributed by atoms with E-state index in [1.165, 1.54) is 11.3 Å². The number of carbonyl (C=O) groups is 2. The van der Waals surface area contributed by atoms with Crippen LogP contribution in [0, 0.1) is 6.92 Å². The molecule has 2 rings (SSSR count). The third-order valence-electron chi connectivity index (χ3n) is 3.51. The Labute approximate surface area is 140 Å². The van der Waals surface area contributed by atoms with E-state index in [-0.39, 0.29) is 18.6 Å². The van der Waals surface area contributed by atoms with E-state index >= 15 is 0 Å². The molecule has 122 valence electrons. The van der Waals surface area contributed by atoms with Crippen LogP contribution in [0.15, 0.2) is 41.8 Å². The summed E-state index contributed by atoms with van der Waals surface area (Å²) in [4.78, 5) is 26.7. The highest BCUT2D eigenvalue weighted by Crippen LogP contribution is 2.17. The van der Waals surface area contributed by atoms with Crippen molar-refractivity contribution in [2.75, 3.05) is 6.61 Å². The summed E-state index contributed by atoms with van der Waals surface area (Å²) in [5.74, 6) is -0.624. The standard InChI is InChI=1S/C18H21NO3S/c1-13(2)19(11-15-7-5-4-6-8-15)16(20)12-22-18(21)17-14(3)9-10-23-17/h4-10,13H,11-12H2,1-3H3. The van der Waals surface area contributed by atoms with Gasteiger partial charge in [-0.15, -0.1) is 11.3 Å². The zero-order chi connectivity index (χ0) is 16.8. The lowest BCUT2D eigenvalue weighted by Crippen LogP contribution is -2.39. The summed E-state index contributed by atoms with van der Waals surface area (Å²) in [6, 6.07) is 11.7. The number of thiophene rings is 1. The molecule has 1 heterocycles. The van der Waals surface area contributed by atoms with Crippen LogP contribution in [0.2, 0.25) is 0 Å². The summed E-state index contributed by atoms with van der Waals surface area (Å²) in [6.45, 7) is 6.02. The molecule has 2 aromatic rings. The number of esters is 1. The number of ether oxygens (including phenoxy) is 1. The van der Waals surface area contributed by atoms with Crippen molar-refractivity contribution in [3.63, 3.8) is 0 Å². The molecule has 1 aromatic heterocycles. The third-order valence-corrected chi connectivity index (χ3v) is 4.51. The first kappa shape index (κ1) is 17.2. The van der Waals surface area contributed by atoms with E-state index in [9.17, 15) is 9.59 Å². The lowest BCUT2D eigenvalue weighted by molar-refractivity contribution is -0.136. The lowest BCUT2D eigenvalue weighted by atomic mass is 10.2. The van der Waals surface area contributed by atoms with Gasteiger partial charge in [-0.2, -0.15) is 0 Å². The van der Waals surface area contributed by atoms with Crippen molar-refractivity contribution in [1.82, 2.24) is 4.90 Å². The molecule has 1 amide bonds. The average Bonchev–Trinajstić information content (AvgIpc) is 2.97. The zero-order valence-corrected chi connectivity index (χ0v) is 14.4. The van der Waals surface area contributed by atoms with Gasteiger partial charge in [0.25, 0.3) is 5.91 Å². The maximum atomic E-state index is 12.4. The highest BCUT2D eigenvalue weighted by molar-refractivity contribution is 7.12. The number of rotatable bonds is 6. The van der Waals surface area contributed by atoms with E-state index in [2.05, 4.69) is 0 Å². The smallest absolute Gasteiger partial charge is 0.349 e. The van der Waals surface area contributed by atoms with Gasteiger partial charge in [0.15, 0.2) is 6.61 Å². The van der Waals surface area contributed by atoms with E-state index in [0.717, 1.165) is 11.1 Å². The second kappa shape index (κ2) is 7.92.